The van der Waals surface area contributed by atoms with Gasteiger partial charge in [-0.3, -0.25) is 19.3 Å². The number of benzene rings is 3. The highest BCUT2D eigenvalue weighted by atomic mass is 16.2. The van der Waals surface area contributed by atoms with Crippen molar-refractivity contribution in [3.05, 3.63) is 77.4 Å². The van der Waals surface area contributed by atoms with Crippen LogP contribution < -0.4 is 4.90 Å². The summed E-state index contributed by atoms with van der Waals surface area (Å²) in [6.45, 7) is 4.72. The quantitative estimate of drug-likeness (QED) is 0.569. The molecule has 3 aromatic carbocycles. The average Bonchev–Trinajstić information content (AvgIpc) is 2.76. The average molecular weight is 400 g/mol. The zero-order valence-corrected chi connectivity index (χ0v) is 17.2. The van der Waals surface area contributed by atoms with E-state index in [9.17, 15) is 14.4 Å². The van der Waals surface area contributed by atoms with E-state index in [2.05, 4.69) is 0 Å². The molecule has 5 heteroatoms. The van der Waals surface area contributed by atoms with Gasteiger partial charge in [-0.1, -0.05) is 42.5 Å². The maximum absolute atomic E-state index is 13.0. The minimum atomic E-state index is -0.289. The van der Waals surface area contributed by atoms with E-state index in [1.807, 2.05) is 62.4 Å². The lowest BCUT2D eigenvalue weighted by Crippen LogP contribution is -2.41. The molecule has 3 amide bonds. The summed E-state index contributed by atoms with van der Waals surface area (Å²) in [6, 6.07) is 18.8. The smallest absolute Gasteiger partial charge is 0.261 e. The van der Waals surface area contributed by atoms with Gasteiger partial charge in [0.2, 0.25) is 5.91 Å². The van der Waals surface area contributed by atoms with Crippen LogP contribution in [0, 0.1) is 6.92 Å². The van der Waals surface area contributed by atoms with E-state index in [-0.39, 0.29) is 30.7 Å². The van der Waals surface area contributed by atoms with E-state index in [0.29, 0.717) is 24.1 Å². The molecule has 0 saturated carbocycles. The van der Waals surface area contributed by atoms with Gasteiger partial charge in [0.1, 0.15) is 0 Å². The predicted octanol–water partition coefficient (Wildman–Crippen LogP) is 4.58. The molecule has 1 aliphatic rings. The molecule has 0 N–H and O–H groups in total. The maximum Gasteiger partial charge on any atom is 0.261 e. The first-order valence-electron chi connectivity index (χ1n) is 10.3. The first kappa shape index (κ1) is 19.8. The predicted molar refractivity (Wildman–Crippen MR) is 118 cm³/mol. The number of hydrogen-bond donors (Lipinski definition) is 0. The molecule has 0 fully saturated rings. The zero-order chi connectivity index (χ0) is 21.3. The van der Waals surface area contributed by atoms with Gasteiger partial charge < -0.3 is 4.90 Å². The van der Waals surface area contributed by atoms with E-state index in [4.69, 9.17) is 0 Å². The molecule has 0 aliphatic carbocycles. The molecule has 3 aromatic rings. The summed E-state index contributed by atoms with van der Waals surface area (Å²) in [6.07, 6.45) is 0.696. The lowest BCUT2D eigenvalue weighted by molar-refractivity contribution is -0.118. The maximum atomic E-state index is 13.0. The molecule has 30 heavy (non-hydrogen) atoms. The van der Waals surface area contributed by atoms with E-state index in [1.54, 1.807) is 17.0 Å². The van der Waals surface area contributed by atoms with Crippen LogP contribution in [0.15, 0.2) is 60.7 Å². The second kappa shape index (κ2) is 8.11. The number of anilines is 1. The molecule has 1 heterocycles. The van der Waals surface area contributed by atoms with Crippen LogP contribution >= 0.6 is 0 Å². The summed E-state index contributed by atoms with van der Waals surface area (Å²) in [4.78, 5) is 41.8. The standard InChI is InChI=1S/C25H24N2O3/c1-3-26(21-14-5-4-9-17(21)2)22(28)15-8-16-27-24(29)19-12-6-10-18-11-7-13-20(23(18)19)25(27)30/h4-7,9-14H,3,8,15-16H2,1-2H3. The SMILES string of the molecule is CCN(C(=O)CCCN1C(=O)c2cccc3cccc(c23)C1=O)c1ccccc1C. The molecule has 0 unspecified atom stereocenters. The van der Waals surface area contributed by atoms with Crippen LogP contribution in [0.5, 0.6) is 0 Å². The van der Waals surface area contributed by atoms with Gasteiger partial charge in [-0.25, -0.2) is 0 Å². The molecule has 1 aliphatic heterocycles. The summed E-state index contributed by atoms with van der Waals surface area (Å²) in [5.41, 5.74) is 3.03. The molecule has 0 atom stereocenters. The van der Waals surface area contributed by atoms with E-state index in [0.717, 1.165) is 22.0 Å². The van der Waals surface area contributed by atoms with Crippen molar-refractivity contribution < 1.29 is 14.4 Å². The number of aryl methyl sites for hydroxylation is 1. The molecular formula is C25H24N2O3. The molecule has 0 saturated heterocycles. The number of amides is 3. The highest BCUT2D eigenvalue weighted by Gasteiger charge is 2.32. The van der Waals surface area contributed by atoms with Gasteiger partial charge in [-0.15, -0.1) is 0 Å². The van der Waals surface area contributed by atoms with Gasteiger partial charge in [0.05, 0.1) is 0 Å². The lowest BCUT2D eigenvalue weighted by Gasteiger charge is -2.27. The lowest BCUT2D eigenvalue weighted by atomic mass is 9.94. The van der Waals surface area contributed by atoms with Gasteiger partial charge in [0.25, 0.3) is 11.8 Å². The Kier molecular flexibility index (Phi) is 5.36. The number of carbonyl (C=O) groups excluding carboxylic acids is 3. The summed E-state index contributed by atoms with van der Waals surface area (Å²) < 4.78 is 0. The Bertz CT molecular complexity index is 1100. The highest BCUT2D eigenvalue weighted by Crippen LogP contribution is 2.30. The minimum absolute atomic E-state index is 0.00814. The van der Waals surface area contributed by atoms with Crippen LogP contribution in [0.25, 0.3) is 10.8 Å². The molecular weight excluding hydrogens is 376 g/mol. The number of nitrogens with zero attached hydrogens (tertiary/aromatic N) is 2. The number of para-hydroxylation sites is 1. The van der Waals surface area contributed by atoms with Crippen LogP contribution in [0.1, 0.15) is 46.0 Å². The van der Waals surface area contributed by atoms with Crippen molar-refractivity contribution >= 4 is 34.2 Å². The Morgan fingerprint density at radius 1 is 0.900 bits per heavy atom. The monoisotopic (exact) mass is 400 g/mol. The molecule has 0 spiro atoms. The first-order valence-corrected chi connectivity index (χ1v) is 10.3. The van der Waals surface area contributed by atoms with Crippen molar-refractivity contribution in [1.29, 1.82) is 0 Å². The fraction of sp³-hybridized carbons (Fsp3) is 0.240. The molecule has 4 rings (SSSR count). The molecule has 0 radical (unpaired) electrons. The Balaban J connectivity index is 1.48. The van der Waals surface area contributed by atoms with Crippen molar-refractivity contribution in [1.82, 2.24) is 4.90 Å². The summed E-state index contributed by atoms with van der Waals surface area (Å²) in [5.74, 6) is -0.586. The third-order valence-electron chi connectivity index (χ3n) is 5.65. The third-order valence-corrected chi connectivity index (χ3v) is 5.65. The number of hydrogen-bond acceptors (Lipinski definition) is 3. The van der Waals surface area contributed by atoms with Gasteiger partial charge in [-0.05, 0) is 49.4 Å². The summed E-state index contributed by atoms with van der Waals surface area (Å²) in [7, 11) is 0. The summed E-state index contributed by atoms with van der Waals surface area (Å²) >= 11 is 0. The van der Waals surface area contributed by atoms with Gasteiger partial charge in [-0.2, -0.15) is 0 Å². The Hall–Kier alpha value is -3.47. The van der Waals surface area contributed by atoms with Crippen LogP contribution in [0.2, 0.25) is 0 Å². The first-order chi connectivity index (χ1) is 14.5. The molecule has 5 nitrogen and oxygen atoms in total. The van der Waals surface area contributed by atoms with Gasteiger partial charge in [0, 0.05) is 41.7 Å². The van der Waals surface area contributed by atoms with E-state index in [1.165, 1.54) is 4.90 Å². The van der Waals surface area contributed by atoms with Crippen LogP contribution in [-0.2, 0) is 4.79 Å². The highest BCUT2D eigenvalue weighted by molar-refractivity contribution is 6.25. The molecule has 0 aromatic heterocycles. The number of rotatable bonds is 6. The second-order valence-electron chi connectivity index (χ2n) is 7.50. The Morgan fingerprint density at radius 3 is 2.13 bits per heavy atom. The van der Waals surface area contributed by atoms with Crippen molar-refractivity contribution in [3.8, 4) is 0 Å². The molecule has 0 bridgehead atoms. The third kappa shape index (κ3) is 3.36. The van der Waals surface area contributed by atoms with Crippen LogP contribution in [0.3, 0.4) is 0 Å². The Labute approximate surface area is 175 Å². The van der Waals surface area contributed by atoms with Gasteiger partial charge >= 0.3 is 0 Å². The van der Waals surface area contributed by atoms with Crippen molar-refractivity contribution in [2.24, 2.45) is 0 Å². The number of carbonyl (C=O) groups is 3. The van der Waals surface area contributed by atoms with Crippen molar-refractivity contribution in [3.63, 3.8) is 0 Å². The van der Waals surface area contributed by atoms with Crippen molar-refractivity contribution in [2.45, 2.75) is 26.7 Å². The van der Waals surface area contributed by atoms with E-state index < -0.39 is 0 Å². The van der Waals surface area contributed by atoms with Crippen molar-refractivity contribution in [2.75, 3.05) is 18.0 Å². The van der Waals surface area contributed by atoms with Crippen LogP contribution in [-0.4, -0.2) is 35.7 Å². The zero-order valence-electron chi connectivity index (χ0n) is 17.2. The normalized spacial score (nSPS) is 13.1. The van der Waals surface area contributed by atoms with Crippen LogP contribution in [0.4, 0.5) is 5.69 Å². The molecule has 152 valence electrons. The number of imide groups is 1. The fourth-order valence-corrected chi connectivity index (χ4v) is 4.15. The summed E-state index contributed by atoms with van der Waals surface area (Å²) in [5, 5.41) is 1.61. The second-order valence-corrected chi connectivity index (χ2v) is 7.50. The van der Waals surface area contributed by atoms with E-state index >= 15 is 0 Å². The van der Waals surface area contributed by atoms with Gasteiger partial charge in [0.15, 0.2) is 0 Å². The minimum Gasteiger partial charge on any atom is -0.312 e. The largest absolute Gasteiger partial charge is 0.312 e. The Morgan fingerprint density at radius 2 is 1.53 bits per heavy atom. The fourth-order valence-electron chi connectivity index (χ4n) is 4.15. The topological polar surface area (TPSA) is 57.7 Å².